The van der Waals surface area contributed by atoms with E-state index in [9.17, 15) is 4.79 Å². The van der Waals surface area contributed by atoms with Crippen LogP contribution in [0.4, 0.5) is 0 Å². The van der Waals surface area contributed by atoms with Gasteiger partial charge in [-0.25, -0.2) is 0 Å². The summed E-state index contributed by atoms with van der Waals surface area (Å²) in [5.41, 5.74) is 1.91. The number of benzene rings is 1. The Kier molecular flexibility index (Phi) is 4.70. The summed E-state index contributed by atoms with van der Waals surface area (Å²) in [5.74, 6) is 1.20. The van der Waals surface area contributed by atoms with Gasteiger partial charge in [0.25, 0.3) is 0 Å². The maximum atomic E-state index is 11.5. The lowest BCUT2D eigenvalue weighted by Crippen LogP contribution is -2.03. The number of ketones is 1. The quantitative estimate of drug-likeness (QED) is 0.596. The summed E-state index contributed by atoms with van der Waals surface area (Å²) < 4.78 is 0. The van der Waals surface area contributed by atoms with Gasteiger partial charge in [-0.05, 0) is 6.92 Å². The number of aliphatic hydroxyl groups excluding tert-OH is 1. The zero-order valence-electron chi connectivity index (χ0n) is 8.19. The smallest absolute Gasteiger partial charge is 0.172 e. The molecule has 0 radical (unpaired) electrons. The van der Waals surface area contributed by atoms with E-state index < -0.39 is 0 Å². The fourth-order valence-corrected chi connectivity index (χ4v) is 1.68. The lowest BCUT2D eigenvalue weighted by molar-refractivity contribution is 0.102. The lowest BCUT2D eigenvalue weighted by Gasteiger charge is -2.00. The van der Waals surface area contributed by atoms with Gasteiger partial charge in [0.1, 0.15) is 0 Å². The van der Waals surface area contributed by atoms with Crippen LogP contribution in [0.15, 0.2) is 24.3 Å². The van der Waals surface area contributed by atoms with Gasteiger partial charge in [0, 0.05) is 11.3 Å². The van der Waals surface area contributed by atoms with Crippen LogP contribution in [-0.2, 0) is 0 Å². The highest BCUT2D eigenvalue weighted by Gasteiger charge is 2.04. The molecule has 1 N–H and O–H groups in total. The third-order valence-corrected chi connectivity index (χ3v) is 2.78. The van der Waals surface area contributed by atoms with E-state index in [0.717, 1.165) is 11.1 Å². The largest absolute Gasteiger partial charge is 0.396 e. The van der Waals surface area contributed by atoms with Gasteiger partial charge in [0.05, 0.1) is 12.4 Å². The van der Waals surface area contributed by atoms with E-state index in [1.54, 1.807) is 0 Å². The van der Waals surface area contributed by atoms with Crippen LogP contribution >= 0.6 is 11.8 Å². The second kappa shape index (κ2) is 5.83. The van der Waals surface area contributed by atoms with Gasteiger partial charge >= 0.3 is 0 Å². The van der Waals surface area contributed by atoms with Crippen LogP contribution in [0.5, 0.6) is 0 Å². The Labute approximate surface area is 88.3 Å². The topological polar surface area (TPSA) is 37.3 Å². The van der Waals surface area contributed by atoms with Crippen LogP contribution in [0.1, 0.15) is 15.9 Å². The molecule has 0 aromatic heterocycles. The third kappa shape index (κ3) is 3.52. The Morgan fingerprint density at radius 2 is 2.00 bits per heavy atom. The number of Topliss-reactive ketones (excluding diaryl/α,β-unsaturated/α-hetero) is 1. The third-order valence-electron chi connectivity index (χ3n) is 1.84. The zero-order valence-corrected chi connectivity index (χ0v) is 9.01. The minimum absolute atomic E-state index is 0.128. The molecule has 0 saturated heterocycles. The number of hydrogen-bond acceptors (Lipinski definition) is 3. The summed E-state index contributed by atoms with van der Waals surface area (Å²) in [5, 5.41) is 8.55. The minimum Gasteiger partial charge on any atom is -0.396 e. The highest BCUT2D eigenvalue weighted by atomic mass is 32.2. The van der Waals surface area contributed by atoms with Crippen molar-refractivity contribution >= 4 is 17.5 Å². The molecule has 1 aromatic carbocycles. The summed E-state index contributed by atoms with van der Waals surface area (Å²) in [4.78, 5) is 11.5. The molecule has 76 valence electrons. The van der Waals surface area contributed by atoms with E-state index in [1.165, 1.54) is 11.8 Å². The first-order valence-corrected chi connectivity index (χ1v) is 5.68. The van der Waals surface area contributed by atoms with Crippen LogP contribution in [0.3, 0.4) is 0 Å². The predicted octanol–water partition coefficient (Wildman–Crippen LogP) is 1.90. The van der Waals surface area contributed by atoms with Gasteiger partial charge in [0.2, 0.25) is 0 Å². The molecule has 0 saturated carbocycles. The minimum atomic E-state index is 0.128. The molecule has 0 aliphatic rings. The molecule has 0 aliphatic heterocycles. The zero-order chi connectivity index (χ0) is 10.4. The van der Waals surface area contributed by atoms with E-state index >= 15 is 0 Å². The summed E-state index contributed by atoms with van der Waals surface area (Å²) in [7, 11) is 0. The lowest BCUT2D eigenvalue weighted by atomic mass is 10.1. The molecule has 0 fully saturated rings. The number of hydrogen-bond donors (Lipinski definition) is 1. The number of aliphatic hydroxyl groups is 1. The first kappa shape index (κ1) is 11.3. The van der Waals surface area contributed by atoms with Gasteiger partial charge < -0.3 is 5.11 Å². The summed E-state index contributed by atoms with van der Waals surface area (Å²) in [6.45, 7) is 2.13. The Hall–Kier alpha value is -0.800. The fourth-order valence-electron chi connectivity index (χ4n) is 1.05. The van der Waals surface area contributed by atoms with Crippen LogP contribution in [0.25, 0.3) is 0 Å². The van der Waals surface area contributed by atoms with E-state index in [-0.39, 0.29) is 12.4 Å². The SMILES string of the molecule is Cc1ccc(C(=O)CSCCO)cc1. The Morgan fingerprint density at radius 3 is 2.57 bits per heavy atom. The van der Waals surface area contributed by atoms with E-state index in [4.69, 9.17) is 5.11 Å². The van der Waals surface area contributed by atoms with Gasteiger partial charge in [-0.1, -0.05) is 29.8 Å². The van der Waals surface area contributed by atoms with E-state index in [0.29, 0.717) is 11.5 Å². The number of thioether (sulfide) groups is 1. The molecule has 0 spiro atoms. The Morgan fingerprint density at radius 1 is 1.36 bits per heavy atom. The molecule has 0 aliphatic carbocycles. The highest BCUT2D eigenvalue weighted by molar-refractivity contribution is 8.00. The average Bonchev–Trinajstić information content (AvgIpc) is 2.19. The standard InChI is InChI=1S/C11H14O2S/c1-9-2-4-10(5-3-9)11(13)8-14-7-6-12/h2-5,12H,6-8H2,1H3. The first-order valence-electron chi connectivity index (χ1n) is 4.52. The van der Waals surface area contributed by atoms with Crippen molar-refractivity contribution in [2.45, 2.75) is 6.92 Å². The molecule has 0 heterocycles. The molecule has 0 amide bonds. The van der Waals surface area contributed by atoms with Crippen molar-refractivity contribution in [2.24, 2.45) is 0 Å². The van der Waals surface area contributed by atoms with Crippen molar-refractivity contribution < 1.29 is 9.90 Å². The summed E-state index contributed by atoms with van der Waals surface area (Å²) >= 11 is 1.46. The molecule has 1 aromatic rings. The Bertz CT molecular complexity index is 293. The van der Waals surface area contributed by atoms with Crippen molar-refractivity contribution in [2.75, 3.05) is 18.1 Å². The highest BCUT2D eigenvalue weighted by Crippen LogP contribution is 2.08. The van der Waals surface area contributed by atoms with Gasteiger partial charge in [-0.15, -0.1) is 0 Å². The molecular weight excluding hydrogens is 196 g/mol. The molecule has 0 atom stereocenters. The van der Waals surface area contributed by atoms with Crippen LogP contribution < -0.4 is 0 Å². The average molecular weight is 210 g/mol. The van der Waals surface area contributed by atoms with E-state index in [1.807, 2.05) is 31.2 Å². The van der Waals surface area contributed by atoms with Gasteiger partial charge in [0.15, 0.2) is 5.78 Å². The van der Waals surface area contributed by atoms with Crippen molar-refractivity contribution in [3.05, 3.63) is 35.4 Å². The predicted molar refractivity (Wildman–Crippen MR) is 59.9 cm³/mol. The second-order valence-electron chi connectivity index (χ2n) is 3.07. The molecule has 1 rings (SSSR count). The molecule has 2 nitrogen and oxygen atoms in total. The molecule has 0 bridgehead atoms. The maximum Gasteiger partial charge on any atom is 0.172 e. The summed E-state index contributed by atoms with van der Waals surface area (Å²) in [6.07, 6.45) is 0. The van der Waals surface area contributed by atoms with Crippen molar-refractivity contribution in [1.29, 1.82) is 0 Å². The molecular formula is C11H14O2S. The van der Waals surface area contributed by atoms with Crippen LogP contribution in [0.2, 0.25) is 0 Å². The van der Waals surface area contributed by atoms with Crippen molar-refractivity contribution in [3.63, 3.8) is 0 Å². The number of carbonyl (C=O) groups is 1. The molecule has 0 unspecified atom stereocenters. The monoisotopic (exact) mass is 210 g/mol. The van der Waals surface area contributed by atoms with E-state index in [2.05, 4.69) is 0 Å². The van der Waals surface area contributed by atoms with Gasteiger partial charge in [-0.2, -0.15) is 11.8 Å². The molecule has 14 heavy (non-hydrogen) atoms. The first-order chi connectivity index (χ1) is 6.74. The van der Waals surface area contributed by atoms with Crippen LogP contribution in [-0.4, -0.2) is 29.0 Å². The van der Waals surface area contributed by atoms with Crippen LogP contribution in [0, 0.1) is 6.92 Å². The number of aryl methyl sites for hydroxylation is 1. The number of rotatable bonds is 5. The van der Waals surface area contributed by atoms with Crippen molar-refractivity contribution in [1.82, 2.24) is 0 Å². The van der Waals surface area contributed by atoms with Crippen molar-refractivity contribution in [3.8, 4) is 0 Å². The number of carbonyl (C=O) groups excluding carboxylic acids is 1. The maximum absolute atomic E-state index is 11.5. The second-order valence-corrected chi connectivity index (χ2v) is 4.17. The molecule has 3 heteroatoms. The summed E-state index contributed by atoms with van der Waals surface area (Å²) in [6, 6.07) is 7.56. The Balaban J connectivity index is 2.48. The van der Waals surface area contributed by atoms with Gasteiger partial charge in [-0.3, -0.25) is 4.79 Å². The normalized spacial score (nSPS) is 10.1. The fraction of sp³-hybridized carbons (Fsp3) is 0.364.